The Balaban J connectivity index is 2.18. The SMILES string of the molecule is CCC[C@@H](C)NC(=O)c1cccc(S(=O)(=O)Nc2ccccc2)c1. The van der Waals surface area contributed by atoms with E-state index in [9.17, 15) is 13.2 Å². The minimum Gasteiger partial charge on any atom is -0.350 e. The van der Waals surface area contributed by atoms with E-state index in [2.05, 4.69) is 10.0 Å². The second-order valence-electron chi connectivity index (χ2n) is 5.66. The van der Waals surface area contributed by atoms with E-state index < -0.39 is 10.0 Å². The van der Waals surface area contributed by atoms with E-state index in [0.717, 1.165) is 12.8 Å². The van der Waals surface area contributed by atoms with E-state index in [-0.39, 0.29) is 16.8 Å². The topological polar surface area (TPSA) is 75.3 Å². The van der Waals surface area contributed by atoms with Crippen molar-refractivity contribution in [1.82, 2.24) is 5.32 Å². The highest BCUT2D eigenvalue weighted by Gasteiger charge is 2.17. The van der Waals surface area contributed by atoms with Gasteiger partial charge in [-0.3, -0.25) is 9.52 Å². The minimum absolute atomic E-state index is 0.0465. The Hall–Kier alpha value is -2.34. The zero-order chi connectivity index (χ0) is 17.6. The first-order valence-corrected chi connectivity index (χ1v) is 9.39. The van der Waals surface area contributed by atoms with Crippen LogP contribution >= 0.6 is 0 Å². The Morgan fingerprint density at radius 2 is 1.79 bits per heavy atom. The number of amides is 1. The third-order valence-electron chi connectivity index (χ3n) is 3.53. The molecule has 1 amide bonds. The van der Waals surface area contributed by atoms with Crippen LogP contribution in [0.1, 0.15) is 37.0 Å². The zero-order valence-corrected chi connectivity index (χ0v) is 14.6. The second kappa shape index (κ2) is 7.97. The lowest BCUT2D eigenvalue weighted by Gasteiger charge is -2.13. The van der Waals surface area contributed by atoms with Gasteiger partial charge in [0.15, 0.2) is 0 Å². The normalized spacial score (nSPS) is 12.4. The Bertz CT molecular complexity index is 789. The number of benzene rings is 2. The van der Waals surface area contributed by atoms with Gasteiger partial charge >= 0.3 is 0 Å². The van der Waals surface area contributed by atoms with Crippen molar-refractivity contribution < 1.29 is 13.2 Å². The molecule has 128 valence electrons. The van der Waals surface area contributed by atoms with Crippen molar-refractivity contribution in [3.05, 3.63) is 60.2 Å². The van der Waals surface area contributed by atoms with E-state index in [1.807, 2.05) is 13.8 Å². The Morgan fingerprint density at radius 1 is 1.08 bits per heavy atom. The lowest BCUT2D eigenvalue weighted by atomic mass is 10.1. The predicted octanol–water partition coefficient (Wildman–Crippen LogP) is 3.41. The van der Waals surface area contributed by atoms with E-state index >= 15 is 0 Å². The molecular weight excluding hydrogens is 324 g/mol. The molecule has 0 aliphatic rings. The summed E-state index contributed by atoms with van der Waals surface area (Å²) >= 11 is 0. The van der Waals surface area contributed by atoms with Gasteiger partial charge in [0, 0.05) is 17.3 Å². The molecule has 0 spiro atoms. The molecule has 0 saturated carbocycles. The molecule has 0 heterocycles. The van der Waals surface area contributed by atoms with E-state index in [0.29, 0.717) is 11.3 Å². The van der Waals surface area contributed by atoms with Gasteiger partial charge < -0.3 is 5.32 Å². The van der Waals surface area contributed by atoms with Crippen LogP contribution in [0.4, 0.5) is 5.69 Å². The van der Waals surface area contributed by atoms with Crippen LogP contribution in [0.25, 0.3) is 0 Å². The zero-order valence-electron chi connectivity index (χ0n) is 13.8. The van der Waals surface area contributed by atoms with Crippen LogP contribution in [0.15, 0.2) is 59.5 Å². The van der Waals surface area contributed by atoms with Crippen LogP contribution in [-0.2, 0) is 10.0 Å². The number of sulfonamides is 1. The maximum atomic E-state index is 12.5. The molecule has 0 radical (unpaired) electrons. The lowest BCUT2D eigenvalue weighted by molar-refractivity contribution is 0.0938. The summed E-state index contributed by atoms with van der Waals surface area (Å²) in [5.74, 6) is -0.271. The highest BCUT2D eigenvalue weighted by Crippen LogP contribution is 2.17. The smallest absolute Gasteiger partial charge is 0.261 e. The van der Waals surface area contributed by atoms with Crippen molar-refractivity contribution in [2.24, 2.45) is 0 Å². The van der Waals surface area contributed by atoms with Crippen molar-refractivity contribution in [1.29, 1.82) is 0 Å². The van der Waals surface area contributed by atoms with Gasteiger partial charge in [-0.15, -0.1) is 0 Å². The first-order valence-electron chi connectivity index (χ1n) is 7.91. The molecule has 2 rings (SSSR count). The molecular formula is C18H22N2O3S. The van der Waals surface area contributed by atoms with Gasteiger partial charge in [-0.2, -0.15) is 0 Å². The third-order valence-corrected chi connectivity index (χ3v) is 4.91. The Morgan fingerprint density at radius 3 is 2.46 bits per heavy atom. The first-order chi connectivity index (χ1) is 11.4. The molecule has 0 aromatic heterocycles. The summed E-state index contributed by atoms with van der Waals surface area (Å²) in [4.78, 5) is 12.3. The van der Waals surface area contributed by atoms with Gasteiger partial charge in [-0.25, -0.2) is 8.42 Å². The maximum absolute atomic E-state index is 12.5. The third kappa shape index (κ3) is 4.83. The van der Waals surface area contributed by atoms with E-state index in [4.69, 9.17) is 0 Å². The fraction of sp³-hybridized carbons (Fsp3) is 0.278. The van der Waals surface area contributed by atoms with Crippen molar-refractivity contribution in [3.63, 3.8) is 0 Å². The van der Waals surface area contributed by atoms with Gasteiger partial charge in [0.2, 0.25) is 0 Å². The average Bonchev–Trinajstić information content (AvgIpc) is 2.55. The summed E-state index contributed by atoms with van der Waals surface area (Å²) in [6.45, 7) is 3.98. The molecule has 2 N–H and O–H groups in total. The molecule has 6 heteroatoms. The standard InChI is InChI=1S/C18H22N2O3S/c1-3-8-14(2)19-18(21)15-9-7-12-17(13-15)24(22,23)20-16-10-5-4-6-11-16/h4-7,9-14,20H,3,8H2,1-2H3,(H,19,21)/t14-/m1/s1. The number of nitrogens with one attached hydrogen (secondary N) is 2. The Labute approximate surface area is 143 Å². The van der Waals surface area contributed by atoms with Crippen LogP contribution in [0.2, 0.25) is 0 Å². The van der Waals surface area contributed by atoms with Crippen molar-refractivity contribution >= 4 is 21.6 Å². The summed E-state index contributed by atoms with van der Waals surface area (Å²) in [5.41, 5.74) is 0.804. The molecule has 0 aliphatic carbocycles. The number of para-hydroxylation sites is 1. The molecule has 0 aliphatic heterocycles. The van der Waals surface area contributed by atoms with Gasteiger partial charge in [0.1, 0.15) is 0 Å². The predicted molar refractivity (Wildman–Crippen MR) is 95.5 cm³/mol. The average molecular weight is 346 g/mol. The monoisotopic (exact) mass is 346 g/mol. The van der Waals surface area contributed by atoms with Gasteiger partial charge in [0.05, 0.1) is 4.90 Å². The Kier molecular flexibility index (Phi) is 5.98. The number of anilines is 1. The van der Waals surface area contributed by atoms with Crippen LogP contribution in [0.5, 0.6) is 0 Å². The lowest BCUT2D eigenvalue weighted by Crippen LogP contribution is -2.32. The summed E-state index contributed by atoms with van der Waals surface area (Å²) in [5, 5.41) is 2.87. The van der Waals surface area contributed by atoms with Crippen molar-refractivity contribution in [2.75, 3.05) is 4.72 Å². The van der Waals surface area contributed by atoms with Crippen molar-refractivity contribution in [2.45, 2.75) is 37.6 Å². The van der Waals surface area contributed by atoms with Gasteiger partial charge in [0.25, 0.3) is 15.9 Å². The van der Waals surface area contributed by atoms with Gasteiger partial charge in [-0.05, 0) is 43.7 Å². The molecule has 2 aromatic carbocycles. The van der Waals surface area contributed by atoms with Crippen LogP contribution in [-0.4, -0.2) is 20.4 Å². The number of carbonyl (C=O) groups excluding carboxylic acids is 1. The molecule has 0 saturated heterocycles. The molecule has 0 unspecified atom stereocenters. The largest absolute Gasteiger partial charge is 0.350 e. The maximum Gasteiger partial charge on any atom is 0.261 e. The molecule has 24 heavy (non-hydrogen) atoms. The van der Waals surface area contributed by atoms with Gasteiger partial charge in [-0.1, -0.05) is 37.6 Å². The number of hydrogen-bond donors (Lipinski definition) is 2. The van der Waals surface area contributed by atoms with Crippen molar-refractivity contribution in [3.8, 4) is 0 Å². The molecule has 0 bridgehead atoms. The number of hydrogen-bond acceptors (Lipinski definition) is 3. The highest BCUT2D eigenvalue weighted by molar-refractivity contribution is 7.92. The molecule has 1 atom stereocenters. The quantitative estimate of drug-likeness (QED) is 0.807. The van der Waals surface area contributed by atoms with E-state index in [1.165, 1.54) is 12.1 Å². The van der Waals surface area contributed by atoms with Crippen LogP contribution in [0.3, 0.4) is 0 Å². The summed E-state index contributed by atoms with van der Waals surface area (Å²) in [6.07, 6.45) is 1.84. The number of carbonyl (C=O) groups is 1. The summed E-state index contributed by atoms with van der Waals surface area (Å²) in [7, 11) is -3.74. The number of rotatable bonds is 7. The molecule has 5 nitrogen and oxygen atoms in total. The highest BCUT2D eigenvalue weighted by atomic mass is 32.2. The molecule has 0 fully saturated rings. The first kappa shape index (κ1) is 18.0. The second-order valence-corrected chi connectivity index (χ2v) is 7.34. The van der Waals surface area contributed by atoms with Crippen LogP contribution < -0.4 is 10.0 Å². The summed E-state index contributed by atoms with van der Waals surface area (Å²) in [6, 6.07) is 14.7. The fourth-order valence-corrected chi connectivity index (χ4v) is 3.44. The minimum atomic E-state index is -3.74. The summed E-state index contributed by atoms with van der Waals surface area (Å²) < 4.78 is 27.4. The van der Waals surface area contributed by atoms with Crippen LogP contribution in [0, 0.1) is 0 Å². The van der Waals surface area contributed by atoms with E-state index in [1.54, 1.807) is 42.5 Å². The fourth-order valence-electron chi connectivity index (χ4n) is 2.34. The molecule has 2 aromatic rings.